The summed E-state index contributed by atoms with van der Waals surface area (Å²) in [6, 6.07) is 12.0. The third kappa shape index (κ3) is 3.57. The number of benzene rings is 2. The van der Waals surface area contributed by atoms with Crippen LogP contribution >= 0.6 is 0 Å². The van der Waals surface area contributed by atoms with Crippen LogP contribution < -0.4 is 0 Å². The van der Waals surface area contributed by atoms with Crippen LogP contribution in [0.5, 0.6) is 0 Å². The molecule has 0 bridgehead atoms. The highest BCUT2D eigenvalue weighted by atomic mass is 19.1. The molecular formula is C21H18FNO3. The van der Waals surface area contributed by atoms with E-state index in [4.69, 9.17) is 4.74 Å². The number of fused-ring (bicyclic) bond motifs is 1. The number of esters is 1. The van der Waals surface area contributed by atoms with Crippen molar-refractivity contribution in [3.63, 3.8) is 0 Å². The zero-order valence-corrected chi connectivity index (χ0v) is 14.5. The number of nitrogens with zero attached hydrogens (tertiary/aromatic N) is 1. The first kappa shape index (κ1) is 17.6. The van der Waals surface area contributed by atoms with E-state index in [1.807, 2.05) is 25.1 Å². The van der Waals surface area contributed by atoms with Crippen LogP contribution in [0.25, 0.3) is 28.0 Å². The van der Waals surface area contributed by atoms with Gasteiger partial charge in [0.2, 0.25) is 5.76 Å². The average Bonchev–Trinajstić information content (AvgIpc) is 2.63. The maximum atomic E-state index is 13.2. The molecule has 0 amide bonds. The number of carbonyl (C=O) groups is 1. The molecule has 1 heterocycles. The van der Waals surface area contributed by atoms with Crippen molar-refractivity contribution in [1.29, 1.82) is 0 Å². The Balaban J connectivity index is 2.17. The van der Waals surface area contributed by atoms with E-state index in [-0.39, 0.29) is 12.4 Å². The Hall–Kier alpha value is -3.21. The van der Waals surface area contributed by atoms with Gasteiger partial charge in [-0.2, -0.15) is 0 Å². The summed E-state index contributed by atoms with van der Waals surface area (Å²) in [6.07, 6.45) is 2.95. The normalized spacial score (nSPS) is 11.6. The molecule has 26 heavy (non-hydrogen) atoms. The lowest BCUT2D eigenvalue weighted by Gasteiger charge is -2.10. The van der Waals surface area contributed by atoms with Gasteiger partial charge < -0.3 is 9.84 Å². The lowest BCUT2D eigenvalue weighted by atomic mass is 9.97. The maximum absolute atomic E-state index is 13.2. The molecular weight excluding hydrogens is 333 g/mol. The highest BCUT2D eigenvalue weighted by Crippen LogP contribution is 2.31. The number of aliphatic hydroxyl groups is 1. The van der Waals surface area contributed by atoms with Gasteiger partial charge in [0.15, 0.2) is 0 Å². The van der Waals surface area contributed by atoms with Crippen molar-refractivity contribution >= 4 is 22.8 Å². The van der Waals surface area contributed by atoms with Gasteiger partial charge in [0.1, 0.15) is 5.82 Å². The van der Waals surface area contributed by atoms with Gasteiger partial charge in [-0.3, -0.25) is 4.98 Å². The molecule has 0 aliphatic heterocycles. The van der Waals surface area contributed by atoms with Crippen molar-refractivity contribution < 1.29 is 19.0 Å². The summed E-state index contributed by atoms with van der Waals surface area (Å²) < 4.78 is 18.0. The number of ether oxygens (including phenoxy) is 1. The predicted molar refractivity (Wildman–Crippen MR) is 99.1 cm³/mol. The molecule has 0 fully saturated rings. The predicted octanol–water partition coefficient (Wildman–Crippen LogP) is 4.81. The minimum Gasteiger partial charge on any atom is -0.502 e. The molecule has 0 saturated carbocycles. The van der Waals surface area contributed by atoms with Crippen LogP contribution in [0, 0.1) is 12.7 Å². The zero-order chi connectivity index (χ0) is 18.7. The van der Waals surface area contributed by atoms with E-state index in [0.29, 0.717) is 5.69 Å². The van der Waals surface area contributed by atoms with Gasteiger partial charge in [0, 0.05) is 23.2 Å². The molecule has 3 aromatic rings. The molecule has 0 aliphatic rings. The molecule has 4 nitrogen and oxygen atoms in total. The molecule has 1 N–H and O–H groups in total. The molecule has 3 rings (SSSR count). The molecule has 1 aromatic heterocycles. The van der Waals surface area contributed by atoms with Crippen molar-refractivity contribution in [1.82, 2.24) is 4.98 Å². The summed E-state index contributed by atoms with van der Waals surface area (Å²) in [7, 11) is 0. The smallest absolute Gasteiger partial charge is 0.373 e. The van der Waals surface area contributed by atoms with E-state index in [1.165, 1.54) is 18.2 Å². The molecule has 0 spiro atoms. The van der Waals surface area contributed by atoms with Crippen molar-refractivity contribution in [3.05, 3.63) is 71.5 Å². The number of pyridine rings is 1. The number of aromatic nitrogens is 1. The Morgan fingerprint density at radius 3 is 2.62 bits per heavy atom. The van der Waals surface area contributed by atoms with Gasteiger partial charge in [-0.25, -0.2) is 9.18 Å². The Labute approximate surface area is 150 Å². The highest BCUT2D eigenvalue weighted by molar-refractivity contribution is 6.01. The van der Waals surface area contributed by atoms with E-state index in [0.717, 1.165) is 27.5 Å². The fourth-order valence-corrected chi connectivity index (χ4v) is 2.75. The zero-order valence-electron chi connectivity index (χ0n) is 14.5. The molecule has 5 heteroatoms. The number of halogens is 1. The van der Waals surface area contributed by atoms with Gasteiger partial charge in [-0.1, -0.05) is 29.8 Å². The number of aryl methyl sites for hydroxylation is 1. The number of aliphatic hydroxyl groups excluding tert-OH is 1. The van der Waals surface area contributed by atoms with Crippen LogP contribution in [0.4, 0.5) is 4.39 Å². The third-order valence-electron chi connectivity index (χ3n) is 3.99. The molecule has 0 atom stereocenters. The second-order valence-electron chi connectivity index (χ2n) is 5.86. The Morgan fingerprint density at radius 1 is 1.19 bits per heavy atom. The maximum Gasteiger partial charge on any atom is 0.373 e. The highest BCUT2D eigenvalue weighted by Gasteiger charge is 2.13. The second-order valence-corrected chi connectivity index (χ2v) is 5.86. The first-order valence-electron chi connectivity index (χ1n) is 8.22. The van der Waals surface area contributed by atoms with Crippen LogP contribution in [0.2, 0.25) is 0 Å². The van der Waals surface area contributed by atoms with Crippen LogP contribution in [0.15, 0.2) is 54.4 Å². The lowest BCUT2D eigenvalue weighted by molar-refractivity contribution is -0.141. The van der Waals surface area contributed by atoms with Crippen LogP contribution in [0.1, 0.15) is 18.2 Å². The minimum atomic E-state index is -0.794. The van der Waals surface area contributed by atoms with Gasteiger partial charge >= 0.3 is 5.97 Å². The quantitative estimate of drug-likeness (QED) is 0.416. The molecule has 0 unspecified atom stereocenters. The monoisotopic (exact) mass is 351 g/mol. The largest absolute Gasteiger partial charge is 0.502 e. The van der Waals surface area contributed by atoms with Crippen molar-refractivity contribution in [2.45, 2.75) is 13.8 Å². The number of rotatable bonds is 4. The summed E-state index contributed by atoms with van der Waals surface area (Å²) in [4.78, 5) is 16.1. The Morgan fingerprint density at radius 2 is 1.92 bits per heavy atom. The SMILES string of the molecule is CCOC(=O)/C(O)=C/c1ncc(-c2ccc(F)cc2)c2ccc(C)cc12. The molecule has 0 aliphatic carbocycles. The molecule has 0 radical (unpaired) electrons. The average molecular weight is 351 g/mol. The van der Waals surface area contributed by atoms with E-state index in [2.05, 4.69) is 4.98 Å². The number of hydrogen-bond acceptors (Lipinski definition) is 4. The first-order chi connectivity index (χ1) is 12.5. The van der Waals surface area contributed by atoms with E-state index in [1.54, 1.807) is 25.3 Å². The summed E-state index contributed by atoms with van der Waals surface area (Å²) in [5.41, 5.74) is 3.15. The van der Waals surface area contributed by atoms with Gasteiger partial charge in [-0.15, -0.1) is 0 Å². The van der Waals surface area contributed by atoms with Crippen LogP contribution in [-0.2, 0) is 9.53 Å². The standard InChI is InChI=1S/C21H18FNO3/c1-3-26-21(25)20(24)11-19-17-10-13(2)4-9-16(17)18(12-23-19)14-5-7-15(22)8-6-14/h4-12,24H,3H2,1-2H3/b20-11-. The van der Waals surface area contributed by atoms with Crippen LogP contribution in [0.3, 0.4) is 0 Å². The van der Waals surface area contributed by atoms with Gasteiger partial charge in [0.05, 0.1) is 12.3 Å². The van der Waals surface area contributed by atoms with Crippen molar-refractivity contribution in [2.24, 2.45) is 0 Å². The summed E-state index contributed by atoms with van der Waals surface area (Å²) in [6.45, 7) is 3.79. The van der Waals surface area contributed by atoms with Gasteiger partial charge in [0.25, 0.3) is 0 Å². The fraction of sp³-hybridized carbons (Fsp3) is 0.143. The number of carbonyl (C=O) groups excluding carboxylic acids is 1. The molecule has 2 aromatic carbocycles. The lowest BCUT2D eigenvalue weighted by Crippen LogP contribution is -2.07. The second kappa shape index (κ2) is 7.35. The summed E-state index contributed by atoms with van der Waals surface area (Å²) >= 11 is 0. The summed E-state index contributed by atoms with van der Waals surface area (Å²) in [5, 5.41) is 11.6. The molecule has 132 valence electrons. The van der Waals surface area contributed by atoms with Crippen molar-refractivity contribution in [2.75, 3.05) is 6.61 Å². The van der Waals surface area contributed by atoms with E-state index < -0.39 is 11.7 Å². The van der Waals surface area contributed by atoms with E-state index >= 15 is 0 Å². The molecule has 0 saturated heterocycles. The first-order valence-corrected chi connectivity index (χ1v) is 8.22. The minimum absolute atomic E-state index is 0.174. The van der Waals surface area contributed by atoms with E-state index in [9.17, 15) is 14.3 Å². The van der Waals surface area contributed by atoms with Crippen molar-refractivity contribution in [3.8, 4) is 11.1 Å². The number of hydrogen-bond donors (Lipinski definition) is 1. The third-order valence-corrected chi connectivity index (χ3v) is 3.99. The topological polar surface area (TPSA) is 59.4 Å². The van der Waals surface area contributed by atoms with Crippen LogP contribution in [-0.4, -0.2) is 22.7 Å². The Kier molecular flexibility index (Phi) is 4.98. The van der Waals surface area contributed by atoms with Gasteiger partial charge in [-0.05, 0) is 43.0 Å². The fourth-order valence-electron chi connectivity index (χ4n) is 2.75. The Bertz CT molecular complexity index is 994. The summed E-state index contributed by atoms with van der Waals surface area (Å²) in [5.74, 6) is -1.60.